The summed E-state index contributed by atoms with van der Waals surface area (Å²) < 4.78 is 14.7. The van der Waals surface area contributed by atoms with Gasteiger partial charge >= 0.3 is 0 Å². The van der Waals surface area contributed by atoms with Gasteiger partial charge in [0.15, 0.2) is 5.11 Å². The van der Waals surface area contributed by atoms with Gasteiger partial charge in [0, 0.05) is 31.5 Å². The van der Waals surface area contributed by atoms with Crippen LogP contribution in [-0.2, 0) is 13.1 Å². The van der Waals surface area contributed by atoms with Crippen LogP contribution in [-0.4, -0.2) is 21.4 Å². The molecule has 0 aliphatic carbocycles. The maximum absolute atomic E-state index is 12.8. The molecular weight excluding hydrogens is 287 g/mol. The Morgan fingerprint density at radius 2 is 2.00 bits per heavy atom. The van der Waals surface area contributed by atoms with Gasteiger partial charge in [-0.15, -0.1) is 0 Å². The van der Waals surface area contributed by atoms with E-state index in [1.807, 2.05) is 17.7 Å². The molecule has 2 N–H and O–H groups in total. The molecule has 0 bridgehead atoms. The van der Waals surface area contributed by atoms with E-state index in [-0.39, 0.29) is 5.82 Å². The van der Waals surface area contributed by atoms with Gasteiger partial charge in [-0.3, -0.25) is 4.68 Å². The largest absolute Gasteiger partial charge is 0.363 e. The van der Waals surface area contributed by atoms with Crippen molar-refractivity contribution in [1.82, 2.24) is 20.4 Å². The summed E-state index contributed by atoms with van der Waals surface area (Å²) >= 11 is 5.20. The number of hydrogen-bond donors (Lipinski definition) is 2. The highest BCUT2D eigenvalue weighted by Gasteiger charge is 1.99. The molecule has 1 aromatic heterocycles. The van der Waals surface area contributed by atoms with Crippen LogP contribution in [0.1, 0.15) is 17.7 Å². The van der Waals surface area contributed by atoms with Crippen molar-refractivity contribution in [1.29, 1.82) is 0 Å². The number of hydrogen-bond acceptors (Lipinski definition) is 2. The Balaban J connectivity index is 1.61. The first-order chi connectivity index (χ1) is 10.1. The van der Waals surface area contributed by atoms with Gasteiger partial charge in [-0.25, -0.2) is 4.39 Å². The molecule has 0 aliphatic rings. The van der Waals surface area contributed by atoms with Crippen LogP contribution in [0.25, 0.3) is 0 Å². The quantitative estimate of drug-likeness (QED) is 0.635. The highest BCUT2D eigenvalue weighted by Crippen LogP contribution is 2.02. The van der Waals surface area contributed by atoms with Gasteiger partial charge in [0.05, 0.1) is 0 Å². The van der Waals surface area contributed by atoms with Crippen LogP contribution in [0.2, 0.25) is 0 Å². The fraction of sp³-hybridized carbons (Fsp3) is 0.333. The van der Waals surface area contributed by atoms with Gasteiger partial charge in [0.2, 0.25) is 0 Å². The van der Waals surface area contributed by atoms with Crippen LogP contribution in [0.3, 0.4) is 0 Å². The van der Waals surface area contributed by atoms with E-state index in [0.29, 0.717) is 11.7 Å². The Kier molecular flexibility index (Phi) is 5.68. The first-order valence-electron chi connectivity index (χ1n) is 6.90. The molecule has 0 atom stereocenters. The van der Waals surface area contributed by atoms with Crippen LogP contribution < -0.4 is 10.6 Å². The number of rotatable bonds is 6. The van der Waals surface area contributed by atoms with E-state index >= 15 is 0 Å². The van der Waals surface area contributed by atoms with Crippen molar-refractivity contribution in [3.8, 4) is 0 Å². The normalized spacial score (nSPS) is 10.4. The molecule has 1 aromatic carbocycles. The zero-order chi connectivity index (χ0) is 15.1. The lowest BCUT2D eigenvalue weighted by Crippen LogP contribution is -2.35. The third kappa shape index (κ3) is 5.15. The van der Waals surface area contributed by atoms with Crippen molar-refractivity contribution >= 4 is 17.3 Å². The van der Waals surface area contributed by atoms with Gasteiger partial charge in [-0.1, -0.05) is 12.1 Å². The molecule has 0 spiro atoms. The number of halogens is 1. The minimum absolute atomic E-state index is 0.228. The molecule has 1 heterocycles. The van der Waals surface area contributed by atoms with Crippen LogP contribution in [0.15, 0.2) is 36.5 Å². The molecule has 2 rings (SSSR count). The smallest absolute Gasteiger partial charge is 0.166 e. The molecule has 0 unspecified atom stereocenters. The SMILES string of the molecule is Cc1ccnn1CCCNC(=S)NCc1ccc(F)cc1. The van der Waals surface area contributed by atoms with E-state index in [2.05, 4.69) is 15.7 Å². The van der Waals surface area contributed by atoms with E-state index in [9.17, 15) is 4.39 Å². The van der Waals surface area contributed by atoms with Crippen molar-refractivity contribution in [2.24, 2.45) is 0 Å². The van der Waals surface area contributed by atoms with Crippen molar-refractivity contribution in [2.45, 2.75) is 26.4 Å². The number of thiocarbonyl (C=S) groups is 1. The van der Waals surface area contributed by atoms with Crippen molar-refractivity contribution in [3.05, 3.63) is 53.6 Å². The fourth-order valence-corrected chi connectivity index (χ4v) is 2.08. The molecule has 0 amide bonds. The average molecular weight is 306 g/mol. The molecule has 21 heavy (non-hydrogen) atoms. The molecule has 0 fully saturated rings. The summed E-state index contributed by atoms with van der Waals surface area (Å²) in [5.41, 5.74) is 2.15. The molecular formula is C15H19FN4S. The topological polar surface area (TPSA) is 41.9 Å². The number of aromatic nitrogens is 2. The van der Waals surface area contributed by atoms with Gasteiger partial charge in [-0.2, -0.15) is 5.10 Å². The lowest BCUT2D eigenvalue weighted by molar-refractivity contribution is 0.559. The standard InChI is InChI=1S/C15H19FN4S/c1-12-7-9-19-20(12)10-2-8-17-15(21)18-11-13-3-5-14(16)6-4-13/h3-7,9H,2,8,10-11H2,1H3,(H2,17,18,21). The molecule has 0 radical (unpaired) electrons. The van der Waals surface area contributed by atoms with Gasteiger partial charge in [0.1, 0.15) is 5.82 Å². The van der Waals surface area contributed by atoms with E-state index in [4.69, 9.17) is 12.2 Å². The van der Waals surface area contributed by atoms with Crippen molar-refractivity contribution in [2.75, 3.05) is 6.54 Å². The number of nitrogens with zero attached hydrogens (tertiary/aromatic N) is 2. The maximum atomic E-state index is 12.8. The van der Waals surface area contributed by atoms with E-state index < -0.39 is 0 Å². The summed E-state index contributed by atoms with van der Waals surface area (Å²) in [5, 5.41) is 11.1. The molecule has 0 saturated carbocycles. The van der Waals surface area contributed by atoms with Crippen LogP contribution in [0.4, 0.5) is 4.39 Å². The minimum atomic E-state index is -0.228. The summed E-state index contributed by atoms with van der Waals surface area (Å²) in [7, 11) is 0. The second-order valence-electron chi connectivity index (χ2n) is 4.79. The number of aryl methyl sites for hydroxylation is 2. The maximum Gasteiger partial charge on any atom is 0.166 e. The second-order valence-corrected chi connectivity index (χ2v) is 5.19. The first-order valence-corrected chi connectivity index (χ1v) is 7.30. The highest BCUT2D eigenvalue weighted by molar-refractivity contribution is 7.80. The molecule has 2 aromatic rings. The predicted molar refractivity (Wildman–Crippen MR) is 85.4 cm³/mol. The Bertz CT molecular complexity index is 580. The lowest BCUT2D eigenvalue weighted by atomic mass is 10.2. The molecule has 4 nitrogen and oxygen atoms in total. The van der Waals surface area contributed by atoms with E-state index in [0.717, 1.165) is 30.8 Å². The molecule has 112 valence electrons. The highest BCUT2D eigenvalue weighted by atomic mass is 32.1. The van der Waals surface area contributed by atoms with Crippen LogP contribution >= 0.6 is 12.2 Å². The summed E-state index contributed by atoms with van der Waals surface area (Å²) in [6, 6.07) is 8.36. The van der Waals surface area contributed by atoms with Gasteiger partial charge in [0.25, 0.3) is 0 Å². The molecule has 6 heteroatoms. The van der Waals surface area contributed by atoms with E-state index in [1.165, 1.54) is 12.1 Å². The Morgan fingerprint density at radius 3 is 2.67 bits per heavy atom. The van der Waals surface area contributed by atoms with Crippen molar-refractivity contribution in [3.63, 3.8) is 0 Å². The Morgan fingerprint density at radius 1 is 1.24 bits per heavy atom. The average Bonchev–Trinajstić information content (AvgIpc) is 2.88. The third-order valence-electron chi connectivity index (χ3n) is 3.13. The summed E-state index contributed by atoms with van der Waals surface area (Å²) in [4.78, 5) is 0. The Labute approximate surface area is 129 Å². The predicted octanol–water partition coefficient (Wildman–Crippen LogP) is 2.39. The van der Waals surface area contributed by atoms with Gasteiger partial charge in [-0.05, 0) is 49.3 Å². The second kappa shape index (κ2) is 7.73. The summed E-state index contributed by atoms with van der Waals surface area (Å²) in [6.07, 6.45) is 2.75. The number of benzene rings is 1. The summed E-state index contributed by atoms with van der Waals surface area (Å²) in [5.74, 6) is -0.228. The van der Waals surface area contributed by atoms with Crippen molar-refractivity contribution < 1.29 is 4.39 Å². The monoisotopic (exact) mass is 306 g/mol. The lowest BCUT2D eigenvalue weighted by Gasteiger charge is -2.11. The summed E-state index contributed by atoms with van der Waals surface area (Å²) in [6.45, 7) is 4.28. The zero-order valence-electron chi connectivity index (χ0n) is 12.0. The third-order valence-corrected chi connectivity index (χ3v) is 3.42. The number of nitrogens with one attached hydrogen (secondary N) is 2. The fourth-order valence-electron chi connectivity index (χ4n) is 1.91. The first kappa shape index (κ1) is 15.4. The Hall–Kier alpha value is -1.95. The van der Waals surface area contributed by atoms with E-state index in [1.54, 1.807) is 18.3 Å². The molecule has 0 aliphatic heterocycles. The van der Waals surface area contributed by atoms with Crippen LogP contribution in [0, 0.1) is 12.7 Å². The van der Waals surface area contributed by atoms with Crippen LogP contribution in [0.5, 0.6) is 0 Å². The molecule has 0 saturated heterocycles. The minimum Gasteiger partial charge on any atom is -0.363 e. The zero-order valence-corrected chi connectivity index (χ0v) is 12.8. The van der Waals surface area contributed by atoms with Gasteiger partial charge < -0.3 is 10.6 Å².